The molecule has 0 amide bonds. The van der Waals surface area contributed by atoms with Crippen LogP contribution in [0, 0.1) is 0 Å². The lowest BCUT2D eigenvalue weighted by atomic mass is 9.85. The molecule has 0 aromatic heterocycles. The van der Waals surface area contributed by atoms with Crippen molar-refractivity contribution in [1.82, 2.24) is 0 Å². The molecule has 1 aliphatic rings. The summed E-state index contributed by atoms with van der Waals surface area (Å²) in [6, 6.07) is 0. The fraction of sp³-hybridized carbons (Fsp3) is 0.830. The number of hydrogen-bond acceptors (Lipinski definition) is 15. The maximum absolute atomic E-state index is 13.3. The van der Waals surface area contributed by atoms with E-state index in [1.165, 1.54) is 57.8 Å². The molecule has 1 rings (SSSR count). The highest BCUT2D eigenvalue weighted by atomic mass is 31.2. The Labute approximate surface area is 432 Å². The molecule has 428 valence electrons. The molecule has 0 aromatic carbocycles. The minimum Gasteiger partial charge on any atom is -0.462 e. The quantitative estimate of drug-likeness (QED) is 0.0118. The number of ether oxygens (including phenoxy) is 2. The molecule has 73 heavy (non-hydrogen) atoms. The molecule has 9 N–H and O–H groups in total. The zero-order valence-corrected chi connectivity index (χ0v) is 46.4. The van der Waals surface area contributed by atoms with E-state index in [1.807, 2.05) is 0 Å². The third-order valence-corrected chi connectivity index (χ3v) is 14.2. The van der Waals surface area contributed by atoms with Gasteiger partial charge in [-0.25, -0.2) is 18.3 Å². The number of phosphoric ester groups is 4. The molecule has 0 spiro atoms. The first kappa shape index (κ1) is 69.5. The van der Waals surface area contributed by atoms with E-state index in [2.05, 4.69) is 63.9 Å². The summed E-state index contributed by atoms with van der Waals surface area (Å²) >= 11 is 0. The van der Waals surface area contributed by atoms with Crippen molar-refractivity contribution in [2.75, 3.05) is 13.2 Å². The molecule has 0 saturated heterocycles. The second-order valence-corrected chi connectivity index (χ2v) is 23.3. The summed E-state index contributed by atoms with van der Waals surface area (Å²) in [4.78, 5) is 93.0. The van der Waals surface area contributed by atoms with Crippen molar-refractivity contribution in [3.63, 3.8) is 0 Å². The smallest absolute Gasteiger partial charge is 0.462 e. The lowest BCUT2D eigenvalue weighted by molar-refractivity contribution is -0.209. The Morgan fingerprint density at radius 2 is 0.795 bits per heavy atom. The van der Waals surface area contributed by atoms with Gasteiger partial charge in [0.05, 0.1) is 6.61 Å². The number of rotatable bonds is 45. The average Bonchev–Trinajstić information content (AvgIpc) is 3.30. The van der Waals surface area contributed by atoms with Gasteiger partial charge in [0.1, 0.15) is 43.2 Å². The summed E-state index contributed by atoms with van der Waals surface area (Å²) in [6.45, 7) is 2.73. The molecule has 0 aliphatic heterocycles. The molecule has 0 bridgehead atoms. The van der Waals surface area contributed by atoms with E-state index < -0.39 is 99.2 Å². The predicted octanol–water partition coefficient (Wildman–Crippen LogP) is 9.74. The van der Waals surface area contributed by atoms with Gasteiger partial charge in [-0.1, -0.05) is 147 Å². The van der Waals surface area contributed by atoms with E-state index >= 15 is 0 Å². The summed E-state index contributed by atoms with van der Waals surface area (Å²) in [6.07, 6.45) is 21.9. The lowest BCUT2D eigenvalue weighted by Crippen LogP contribution is -2.65. The summed E-state index contributed by atoms with van der Waals surface area (Å²) in [5, 5.41) is 21.9. The maximum atomic E-state index is 13.3. The minimum absolute atomic E-state index is 0.0173. The molecule has 26 heteroatoms. The predicted molar refractivity (Wildman–Crippen MR) is 272 cm³/mol. The highest BCUT2D eigenvalue weighted by molar-refractivity contribution is 7.47. The molecule has 6 atom stereocenters. The van der Waals surface area contributed by atoms with Crippen molar-refractivity contribution >= 4 is 43.2 Å². The summed E-state index contributed by atoms with van der Waals surface area (Å²) in [5.41, 5.74) is 0. The molecule has 22 nitrogen and oxygen atoms in total. The average molecular weight is 1130 g/mol. The van der Waals surface area contributed by atoms with Gasteiger partial charge in [-0.05, 0) is 70.6 Å². The topological polar surface area (TPSA) is 349 Å². The number of unbranched alkanes of at least 4 members (excludes halogenated alkanes) is 21. The Bertz CT molecular complexity index is 1730. The van der Waals surface area contributed by atoms with E-state index in [9.17, 15) is 72.3 Å². The Balaban J connectivity index is 2.86. The molecule has 1 fully saturated rings. The Hall–Kier alpha value is -1.48. The SMILES string of the molecule is CCCCCC=CCC=CCCCCCCCC(=O)OCC(COP(=O)(O)OC1C(O)C(OP(=O)(O)O)C(OP(=O)(O)O)C(OP(=O)(O)O)C1O)OC(=O)CCCCCCCCCC=CCCCCCCCC. The van der Waals surface area contributed by atoms with Crippen molar-refractivity contribution in [3.8, 4) is 0 Å². The van der Waals surface area contributed by atoms with Crippen molar-refractivity contribution in [3.05, 3.63) is 36.5 Å². The van der Waals surface area contributed by atoms with Crippen LogP contribution in [-0.2, 0) is 59.9 Å². The standard InChI is InChI=1S/C47H88O22P4/c1-3-5-7-9-11-13-15-17-19-20-22-24-26-28-30-32-34-36-41(49)65-39(37-63-40(48)35-33-31-29-27-25-23-21-18-16-14-12-10-8-6-4-2)38-64-73(61,62)69-44-42(50)45(66-70(52,53)54)47(68-72(58,59)60)46(43(44)51)67-71(55,56)57/h12,14,17-19,21,39,42-47,50-51H,3-11,13,15-16,20,22-38H2,1-2H3,(H,61,62)(H2,52,53,54)(H2,55,56,57)(H2,58,59,60). The zero-order chi connectivity index (χ0) is 54.6. The number of hydrogen-bond donors (Lipinski definition) is 9. The molecule has 0 radical (unpaired) electrons. The second kappa shape index (κ2) is 39.8. The molecule has 6 unspecified atom stereocenters. The second-order valence-electron chi connectivity index (χ2n) is 18.3. The van der Waals surface area contributed by atoms with Gasteiger partial charge in [-0.15, -0.1) is 0 Å². The lowest BCUT2D eigenvalue weighted by Gasteiger charge is -2.45. The van der Waals surface area contributed by atoms with Gasteiger partial charge in [0.15, 0.2) is 6.10 Å². The van der Waals surface area contributed by atoms with E-state index in [0.29, 0.717) is 19.3 Å². The fourth-order valence-corrected chi connectivity index (χ4v) is 10.5. The number of phosphoric acid groups is 4. The Kier molecular flexibility index (Phi) is 37.9. The molecule has 1 aliphatic carbocycles. The van der Waals surface area contributed by atoms with Gasteiger partial charge in [0, 0.05) is 12.8 Å². The normalized spacial score (nSPS) is 21.3. The minimum atomic E-state index is -5.79. The van der Waals surface area contributed by atoms with Crippen molar-refractivity contribution in [1.29, 1.82) is 0 Å². The number of aliphatic hydroxyl groups excluding tert-OH is 2. The van der Waals surface area contributed by atoms with E-state index in [-0.39, 0.29) is 12.8 Å². The summed E-state index contributed by atoms with van der Waals surface area (Å²) < 4.78 is 82.3. The third-order valence-electron chi connectivity index (χ3n) is 11.7. The first-order valence-electron chi connectivity index (χ1n) is 26.0. The Morgan fingerprint density at radius 1 is 0.438 bits per heavy atom. The monoisotopic (exact) mass is 1130 g/mol. The van der Waals surface area contributed by atoms with Gasteiger partial charge < -0.3 is 53.9 Å². The van der Waals surface area contributed by atoms with Crippen molar-refractivity contribution in [2.45, 2.75) is 236 Å². The molecule has 0 heterocycles. The fourth-order valence-electron chi connectivity index (χ4n) is 7.87. The van der Waals surface area contributed by atoms with E-state index in [4.69, 9.17) is 18.5 Å². The van der Waals surface area contributed by atoms with Gasteiger partial charge in [0.25, 0.3) is 0 Å². The van der Waals surface area contributed by atoms with Crippen molar-refractivity contribution in [2.24, 2.45) is 0 Å². The highest BCUT2D eigenvalue weighted by Crippen LogP contribution is 2.53. The van der Waals surface area contributed by atoms with Crippen LogP contribution < -0.4 is 0 Å². The molecule has 0 aromatic rings. The van der Waals surface area contributed by atoms with Crippen LogP contribution in [0.2, 0.25) is 0 Å². The number of allylic oxidation sites excluding steroid dienone is 6. The number of aliphatic hydroxyl groups is 2. The molecular formula is C47H88O22P4. The summed E-state index contributed by atoms with van der Waals surface area (Å²) in [5.74, 6) is -1.42. The number of carbonyl (C=O) groups excluding carboxylic acids is 2. The largest absolute Gasteiger partial charge is 0.472 e. The van der Waals surface area contributed by atoms with Gasteiger partial charge in [-0.2, -0.15) is 0 Å². The number of esters is 2. The number of carbonyl (C=O) groups is 2. The van der Waals surface area contributed by atoms with Crippen LogP contribution in [0.15, 0.2) is 36.5 Å². The van der Waals surface area contributed by atoms with E-state index in [1.54, 1.807) is 0 Å². The first-order chi connectivity index (χ1) is 34.5. The van der Waals surface area contributed by atoms with Crippen LogP contribution in [0.3, 0.4) is 0 Å². The first-order valence-corrected chi connectivity index (χ1v) is 32.1. The molecule has 1 saturated carbocycles. The third kappa shape index (κ3) is 37.9. The highest BCUT2D eigenvalue weighted by Gasteiger charge is 2.59. The van der Waals surface area contributed by atoms with Crippen LogP contribution in [0.25, 0.3) is 0 Å². The van der Waals surface area contributed by atoms with Gasteiger partial charge in [-0.3, -0.25) is 32.2 Å². The van der Waals surface area contributed by atoms with Crippen LogP contribution in [0.1, 0.15) is 194 Å². The van der Waals surface area contributed by atoms with E-state index in [0.717, 1.165) is 89.9 Å². The van der Waals surface area contributed by atoms with Crippen LogP contribution >= 0.6 is 31.3 Å². The van der Waals surface area contributed by atoms with Gasteiger partial charge in [0.2, 0.25) is 0 Å². The van der Waals surface area contributed by atoms with Crippen LogP contribution in [-0.4, -0.2) is 112 Å². The maximum Gasteiger partial charge on any atom is 0.472 e. The summed E-state index contributed by atoms with van der Waals surface area (Å²) in [7, 11) is -23.0. The Morgan fingerprint density at radius 3 is 1.23 bits per heavy atom. The molecular weight excluding hydrogens is 1040 g/mol. The van der Waals surface area contributed by atoms with Gasteiger partial charge >= 0.3 is 43.2 Å². The zero-order valence-electron chi connectivity index (χ0n) is 42.8. The van der Waals surface area contributed by atoms with Crippen molar-refractivity contribution < 1.29 is 104 Å². The van der Waals surface area contributed by atoms with Crippen LogP contribution in [0.5, 0.6) is 0 Å². The van der Waals surface area contributed by atoms with Crippen LogP contribution in [0.4, 0.5) is 0 Å².